The van der Waals surface area contributed by atoms with E-state index in [4.69, 9.17) is 27.9 Å². The molecule has 0 aromatic heterocycles. The van der Waals surface area contributed by atoms with E-state index in [1.54, 1.807) is 18.0 Å². The Labute approximate surface area is 190 Å². The summed E-state index contributed by atoms with van der Waals surface area (Å²) in [7, 11) is 0. The molecule has 3 aromatic rings. The van der Waals surface area contributed by atoms with Gasteiger partial charge in [0, 0.05) is 27.1 Å². The number of hydrazone groups is 1. The summed E-state index contributed by atoms with van der Waals surface area (Å²) in [5.41, 5.74) is 4.46. The van der Waals surface area contributed by atoms with Crippen molar-refractivity contribution in [2.24, 2.45) is 5.10 Å². The Morgan fingerprint density at radius 1 is 0.933 bits per heavy atom. The highest BCUT2D eigenvalue weighted by Gasteiger charge is 2.01. The molecular formula is C23H20Cl2N2O2S. The third-order valence-electron chi connectivity index (χ3n) is 4.01. The molecule has 0 unspecified atom stereocenters. The van der Waals surface area contributed by atoms with Crippen LogP contribution in [0, 0.1) is 0 Å². The summed E-state index contributed by atoms with van der Waals surface area (Å²) in [6, 6.07) is 22.6. The zero-order chi connectivity index (χ0) is 21.2. The lowest BCUT2D eigenvalue weighted by Crippen LogP contribution is -2.17. The first-order valence-electron chi connectivity index (χ1n) is 9.26. The number of carbonyl (C=O) groups is 1. The molecule has 7 heteroatoms. The molecule has 0 aliphatic carbocycles. The van der Waals surface area contributed by atoms with Crippen LogP contribution in [0.25, 0.3) is 0 Å². The van der Waals surface area contributed by atoms with Crippen molar-refractivity contribution in [1.82, 2.24) is 5.43 Å². The summed E-state index contributed by atoms with van der Waals surface area (Å²) >= 11 is 13.3. The van der Waals surface area contributed by atoms with Crippen molar-refractivity contribution < 1.29 is 9.53 Å². The van der Waals surface area contributed by atoms with Crippen molar-refractivity contribution >= 4 is 47.1 Å². The molecular weight excluding hydrogens is 439 g/mol. The van der Waals surface area contributed by atoms with Gasteiger partial charge in [-0.15, -0.1) is 11.8 Å². The van der Waals surface area contributed by atoms with E-state index in [2.05, 4.69) is 10.5 Å². The first-order valence-corrected chi connectivity index (χ1v) is 11.0. The molecule has 0 aliphatic heterocycles. The van der Waals surface area contributed by atoms with Crippen molar-refractivity contribution in [3.8, 4) is 5.75 Å². The van der Waals surface area contributed by atoms with Crippen LogP contribution in [0.5, 0.6) is 5.75 Å². The van der Waals surface area contributed by atoms with Crippen LogP contribution >= 0.6 is 35.0 Å². The average Bonchev–Trinajstić information content (AvgIpc) is 2.76. The zero-order valence-corrected chi connectivity index (χ0v) is 18.4. The van der Waals surface area contributed by atoms with E-state index in [-0.39, 0.29) is 5.91 Å². The van der Waals surface area contributed by atoms with Crippen LogP contribution in [0.4, 0.5) is 0 Å². The molecule has 4 nitrogen and oxygen atoms in total. The van der Waals surface area contributed by atoms with Crippen molar-refractivity contribution in [1.29, 1.82) is 0 Å². The first-order chi connectivity index (χ1) is 14.6. The van der Waals surface area contributed by atoms with Crippen molar-refractivity contribution in [2.75, 3.05) is 5.75 Å². The van der Waals surface area contributed by atoms with Gasteiger partial charge in [-0.3, -0.25) is 4.79 Å². The molecule has 0 saturated carbocycles. The minimum absolute atomic E-state index is 0.129. The van der Waals surface area contributed by atoms with Crippen molar-refractivity contribution in [2.45, 2.75) is 17.9 Å². The first kappa shape index (κ1) is 22.2. The second-order valence-corrected chi connectivity index (χ2v) is 8.37. The van der Waals surface area contributed by atoms with Gasteiger partial charge in [-0.2, -0.15) is 5.10 Å². The molecule has 0 saturated heterocycles. The summed E-state index contributed by atoms with van der Waals surface area (Å²) < 4.78 is 5.75. The van der Waals surface area contributed by atoms with E-state index in [1.165, 1.54) is 0 Å². The number of nitrogens with one attached hydrogen (secondary N) is 1. The van der Waals surface area contributed by atoms with E-state index >= 15 is 0 Å². The second-order valence-electron chi connectivity index (χ2n) is 6.33. The maximum absolute atomic E-state index is 11.9. The van der Waals surface area contributed by atoms with Gasteiger partial charge in [0.25, 0.3) is 0 Å². The number of carbonyl (C=O) groups excluding carboxylic acids is 1. The van der Waals surface area contributed by atoms with Gasteiger partial charge in [0.15, 0.2) is 0 Å². The minimum Gasteiger partial charge on any atom is -0.489 e. The van der Waals surface area contributed by atoms with Crippen LogP contribution < -0.4 is 10.2 Å². The summed E-state index contributed by atoms with van der Waals surface area (Å²) in [5.74, 6) is 1.30. The number of rotatable bonds is 9. The fraction of sp³-hybridized carbons (Fsp3) is 0.130. The van der Waals surface area contributed by atoms with Crippen molar-refractivity contribution in [3.63, 3.8) is 0 Å². The molecule has 0 radical (unpaired) electrons. The maximum atomic E-state index is 11.9. The Bertz CT molecular complexity index is 976. The number of halogens is 2. The smallest absolute Gasteiger partial charge is 0.240 e. The number of hydrogen-bond acceptors (Lipinski definition) is 4. The van der Waals surface area contributed by atoms with E-state index < -0.39 is 0 Å². The number of amides is 1. The normalized spacial score (nSPS) is 10.9. The third kappa shape index (κ3) is 7.75. The fourth-order valence-corrected chi connectivity index (χ4v) is 3.53. The van der Waals surface area contributed by atoms with Crippen LogP contribution in [0.3, 0.4) is 0 Å². The Hall–Kier alpha value is -2.47. The lowest BCUT2D eigenvalue weighted by Gasteiger charge is -2.06. The molecule has 3 rings (SSSR count). The number of ether oxygens (including phenoxy) is 1. The van der Waals surface area contributed by atoms with Crippen molar-refractivity contribution in [3.05, 3.63) is 94.0 Å². The molecule has 3 aromatic carbocycles. The van der Waals surface area contributed by atoms with Crippen LogP contribution in [0.2, 0.25) is 10.0 Å². The Balaban J connectivity index is 1.37. The Morgan fingerprint density at radius 3 is 2.23 bits per heavy atom. The van der Waals surface area contributed by atoms with E-state index in [0.29, 0.717) is 28.8 Å². The number of benzene rings is 3. The maximum Gasteiger partial charge on any atom is 0.240 e. The quantitative estimate of drug-likeness (QED) is 0.235. The highest BCUT2D eigenvalue weighted by atomic mass is 35.5. The molecule has 0 aliphatic rings. The predicted molar refractivity (Wildman–Crippen MR) is 125 cm³/mol. The summed E-state index contributed by atoms with van der Waals surface area (Å²) in [6.45, 7) is 0.467. The number of nitrogens with zero attached hydrogens (tertiary/aromatic N) is 1. The van der Waals surface area contributed by atoms with Crippen LogP contribution in [-0.4, -0.2) is 17.9 Å². The molecule has 1 amide bonds. The largest absolute Gasteiger partial charge is 0.489 e. The van der Waals surface area contributed by atoms with E-state index in [9.17, 15) is 4.79 Å². The molecule has 0 atom stereocenters. The molecule has 30 heavy (non-hydrogen) atoms. The SMILES string of the molecule is O=C(CCSc1ccc(Cl)cc1)N/N=C\c1ccc(OCc2ccc(Cl)cc2)cc1. The van der Waals surface area contributed by atoms with Gasteiger partial charge >= 0.3 is 0 Å². The molecule has 1 N–H and O–H groups in total. The summed E-state index contributed by atoms with van der Waals surface area (Å²) in [6.07, 6.45) is 1.98. The van der Waals surface area contributed by atoms with Gasteiger partial charge in [-0.05, 0) is 71.8 Å². The van der Waals surface area contributed by atoms with E-state index in [1.807, 2.05) is 72.8 Å². The second kappa shape index (κ2) is 11.6. The number of thioether (sulfide) groups is 1. The molecule has 0 bridgehead atoms. The summed E-state index contributed by atoms with van der Waals surface area (Å²) in [5, 5.41) is 5.41. The van der Waals surface area contributed by atoms with Gasteiger partial charge in [0.05, 0.1) is 6.21 Å². The lowest BCUT2D eigenvalue weighted by atomic mass is 10.2. The fourth-order valence-electron chi connectivity index (χ4n) is 2.42. The Kier molecular flexibility index (Phi) is 8.63. The molecule has 0 fully saturated rings. The van der Waals surface area contributed by atoms with Gasteiger partial charge in [0.2, 0.25) is 5.91 Å². The topological polar surface area (TPSA) is 50.7 Å². The minimum atomic E-state index is -0.129. The van der Waals surface area contributed by atoms with Gasteiger partial charge in [0.1, 0.15) is 12.4 Å². The van der Waals surface area contributed by atoms with Gasteiger partial charge < -0.3 is 4.74 Å². The third-order valence-corrected chi connectivity index (χ3v) is 5.53. The number of hydrogen-bond donors (Lipinski definition) is 1. The summed E-state index contributed by atoms with van der Waals surface area (Å²) in [4.78, 5) is 13.0. The molecule has 154 valence electrons. The van der Waals surface area contributed by atoms with Gasteiger partial charge in [-0.25, -0.2) is 5.43 Å². The average molecular weight is 459 g/mol. The van der Waals surface area contributed by atoms with Gasteiger partial charge in [-0.1, -0.05) is 35.3 Å². The van der Waals surface area contributed by atoms with Crippen LogP contribution in [-0.2, 0) is 11.4 Å². The highest BCUT2D eigenvalue weighted by Crippen LogP contribution is 2.21. The predicted octanol–water partition coefficient (Wildman–Crippen LogP) is 6.20. The Morgan fingerprint density at radius 2 is 1.57 bits per heavy atom. The zero-order valence-electron chi connectivity index (χ0n) is 16.1. The van der Waals surface area contributed by atoms with Crippen LogP contribution in [0.15, 0.2) is 82.8 Å². The highest BCUT2D eigenvalue weighted by molar-refractivity contribution is 7.99. The lowest BCUT2D eigenvalue weighted by molar-refractivity contribution is -0.120. The monoisotopic (exact) mass is 458 g/mol. The molecule has 0 heterocycles. The molecule has 0 spiro atoms. The van der Waals surface area contributed by atoms with E-state index in [0.717, 1.165) is 21.8 Å². The standard InChI is InChI=1S/C23H20Cl2N2O2S/c24-19-5-1-18(2-6-19)16-29-21-9-3-17(4-10-21)15-26-27-23(28)13-14-30-22-11-7-20(25)8-12-22/h1-12,15H,13-14,16H2,(H,27,28)/b26-15-. The van der Waals surface area contributed by atoms with Crippen LogP contribution in [0.1, 0.15) is 17.5 Å².